The minimum absolute atomic E-state index is 0.613. The number of hydrogen-bond donors (Lipinski definition) is 0. The lowest BCUT2D eigenvalue weighted by atomic mass is 10.0. The van der Waals surface area contributed by atoms with Crippen LogP contribution in [0.1, 0.15) is 33.4 Å². The molecule has 3 heterocycles. The molecule has 0 spiro atoms. The molecular formula is C30F6N12. The highest BCUT2D eigenvalue weighted by atomic mass is 19.1. The van der Waals surface area contributed by atoms with Crippen molar-refractivity contribution < 1.29 is 26.3 Å². The van der Waals surface area contributed by atoms with Crippen molar-refractivity contribution in [3.8, 4) is 36.4 Å². The number of rotatable bonds is 0. The standard InChI is InChI=1S/C30F6N12/c31-13-7(1-37)8(2-38)14(32)20-19(13)43-25-26(44-20)28-30(48-24-18(36)12(6-42)11(5-41)17(35)23(24)46-28)29-27(25)45-21-15(33)9(3-39)10(4-40)16(34)22(21)47-29. The van der Waals surface area contributed by atoms with Crippen LogP contribution in [0.15, 0.2) is 0 Å². The van der Waals surface area contributed by atoms with Gasteiger partial charge in [0.25, 0.3) is 0 Å². The molecule has 3 aromatic heterocycles. The summed E-state index contributed by atoms with van der Waals surface area (Å²) in [5.41, 5.74) is -15.6. The van der Waals surface area contributed by atoms with Gasteiger partial charge in [-0.15, -0.1) is 0 Å². The summed E-state index contributed by atoms with van der Waals surface area (Å²) in [6.07, 6.45) is 0. The van der Waals surface area contributed by atoms with E-state index in [1.807, 2.05) is 0 Å². The summed E-state index contributed by atoms with van der Waals surface area (Å²) in [5.74, 6) is -9.06. The average Bonchev–Trinajstić information content (AvgIpc) is 3.10. The molecule has 0 N–H and O–H groups in total. The Bertz CT molecular complexity index is 2490. The third-order valence-electron chi connectivity index (χ3n) is 7.35. The monoisotopic (exact) mass is 642 g/mol. The van der Waals surface area contributed by atoms with Gasteiger partial charge in [-0.2, -0.15) is 31.6 Å². The predicted octanol–water partition coefficient (Wildman–Crippen LogP) is 5.04. The molecule has 0 saturated carbocycles. The molecular weight excluding hydrogens is 642 g/mol. The van der Waals surface area contributed by atoms with E-state index in [-0.39, 0.29) is 0 Å². The Balaban J connectivity index is 1.85. The van der Waals surface area contributed by atoms with Crippen molar-refractivity contribution in [2.75, 3.05) is 0 Å². The van der Waals surface area contributed by atoms with Crippen molar-refractivity contribution in [2.24, 2.45) is 0 Å². The zero-order valence-corrected chi connectivity index (χ0v) is 22.6. The van der Waals surface area contributed by atoms with Crippen LogP contribution in [0.5, 0.6) is 0 Å². The fourth-order valence-electron chi connectivity index (χ4n) is 5.21. The van der Waals surface area contributed by atoms with Crippen LogP contribution in [0.3, 0.4) is 0 Å². The van der Waals surface area contributed by atoms with Gasteiger partial charge in [0.2, 0.25) is 0 Å². The van der Waals surface area contributed by atoms with E-state index in [4.69, 9.17) is 0 Å². The van der Waals surface area contributed by atoms with Gasteiger partial charge >= 0.3 is 0 Å². The summed E-state index contributed by atoms with van der Waals surface area (Å²) in [4.78, 5) is 24.1. The highest BCUT2D eigenvalue weighted by Crippen LogP contribution is 2.37. The van der Waals surface area contributed by atoms with Crippen molar-refractivity contribution in [2.45, 2.75) is 0 Å². The quantitative estimate of drug-likeness (QED) is 0.121. The van der Waals surface area contributed by atoms with Crippen LogP contribution in [0.25, 0.3) is 66.2 Å². The lowest BCUT2D eigenvalue weighted by Gasteiger charge is -2.13. The van der Waals surface area contributed by atoms with Gasteiger partial charge in [-0.05, 0) is 0 Å². The first-order chi connectivity index (χ1) is 23.1. The summed E-state index contributed by atoms with van der Waals surface area (Å²) in [6.45, 7) is 0. The molecule has 0 amide bonds. The first kappa shape index (κ1) is 28.9. The third-order valence-corrected chi connectivity index (χ3v) is 7.35. The van der Waals surface area contributed by atoms with Gasteiger partial charge in [0.15, 0.2) is 34.9 Å². The van der Waals surface area contributed by atoms with Gasteiger partial charge in [-0.3, -0.25) is 0 Å². The maximum absolute atomic E-state index is 15.5. The molecule has 18 heteroatoms. The van der Waals surface area contributed by atoms with E-state index in [2.05, 4.69) is 29.9 Å². The van der Waals surface area contributed by atoms with E-state index in [9.17, 15) is 31.6 Å². The number of aromatic nitrogens is 6. The Morgan fingerprint density at radius 1 is 0.250 bits per heavy atom. The molecule has 0 radical (unpaired) electrons. The van der Waals surface area contributed by atoms with Crippen LogP contribution in [-0.2, 0) is 0 Å². The summed E-state index contributed by atoms with van der Waals surface area (Å²) in [6, 6.07) is 8.07. The summed E-state index contributed by atoms with van der Waals surface area (Å²) in [7, 11) is 0. The van der Waals surface area contributed by atoms with Gasteiger partial charge in [-0.1, -0.05) is 0 Å². The molecule has 0 unspecified atom stereocenters. The number of benzene rings is 4. The van der Waals surface area contributed by atoms with Gasteiger partial charge in [-0.25, -0.2) is 56.2 Å². The summed E-state index contributed by atoms with van der Waals surface area (Å²) >= 11 is 0. The van der Waals surface area contributed by atoms with Gasteiger partial charge < -0.3 is 0 Å². The molecule has 222 valence electrons. The van der Waals surface area contributed by atoms with Crippen molar-refractivity contribution in [1.82, 2.24) is 29.9 Å². The topological polar surface area (TPSA) is 220 Å². The zero-order valence-electron chi connectivity index (χ0n) is 22.6. The first-order valence-electron chi connectivity index (χ1n) is 12.7. The zero-order chi connectivity index (χ0) is 34.3. The predicted molar refractivity (Wildman–Crippen MR) is 146 cm³/mol. The second-order valence-electron chi connectivity index (χ2n) is 9.66. The molecule has 0 bridgehead atoms. The lowest BCUT2D eigenvalue weighted by Crippen LogP contribution is -2.07. The molecule has 0 atom stereocenters. The summed E-state index contributed by atoms with van der Waals surface area (Å²) < 4.78 is 93.1. The normalized spacial score (nSPS) is 11.0. The van der Waals surface area contributed by atoms with E-state index < -0.39 is 134 Å². The molecule has 0 saturated heterocycles. The molecule has 7 aromatic rings. The van der Waals surface area contributed by atoms with E-state index >= 15 is 26.3 Å². The molecule has 12 nitrogen and oxygen atoms in total. The average molecular weight is 642 g/mol. The fraction of sp³-hybridized carbons (Fsp3) is 0. The van der Waals surface area contributed by atoms with E-state index in [0.29, 0.717) is 0 Å². The van der Waals surface area contributed by atoms with Crippen LogP contribution in [0, 0.1) is 103 Å². The van der Waals surface area contributed by atoms with Gasteiger partial charge in [0.1, 0.15) is 136 Å². The lowest BCUT2D eigenvalue weighted by molar-refractivity contribution is 0.606. The van der Waals surface area contributed by atoms with E-state index in [1.165, 1.54) is 36.4 Å². The van der Waals surface area contributed by atoms with Crippen LogP contribution in [0.2, 0.25) is 0 Å². The maximum Gasteiger partial charge on any atom is 0.170 e. The second-order valence-corrected chi connectivity index (χ2v) is 9.66. The number of hydrogen-bond acceptors (Lipinski definition) is 12. The SMILES string of the molecule is N#Cc1c(C#N)c(F)c2nc3c(nc2c1F)c1nc2c(F)c(C#N)c(C#N)c(F)c2nc1c1nc2c(F)c(C#N)c(C#N)c(F)c2nc31. The number of fused-ring (bicyclic) bond motifs is 9. The molecule has 0 aliphatic heterocycles. The Morgan fingerprint density at radius 3 is 0.479 bits per heavy atom. The Kier molecular flexibility index (Phi) is 5.94. The van der Waals surface area contributed by atoms with Crippen molar-refractivity contribution in [1.29, 1.82) is 31.6 Å². The highest BCUT2D eigenvalue weighted by Gasteiger charge is 2.30. The molecule has 0 aliphatic rings. The molecule has 0 aliphatic carbocycles. The maximum atomic E-state index is 15.5. The fourth-order valence-corrected chi connectivity index (χ4v) is 5.21. The van der Waals surface area contributed by atoms with Crippen LogP contribution >= 0.6 is 0 Å². The van der Waals surface area contributed by atoms with Crippen molar-refractivity contribution >= 4 is 66.2 Å². The van der Waals surface area contributed by atoms with Crippen LogP contribution in [0.4, 0.5) is 26.3 Å². The molecule has 48 heavy (non-hydrogen) atoms. The molecule has 0 fully saturated rings. The van der Waals surface area contributed by atoms with Gasteiger partial charge in [0, 0.05) is 0 Å². The minimum Gasteiger partial charge on any atom is -0.239 e. The highest BCUT2D eigenvalue weighted by molar-refractivity contribution is 6.21. The summed E-state index contributed by atoms with van der Waals surface area (Å²) in [5, 5.41) is 56.4. The van der Waals surface area contributed by atoms with Crippen LogP contribution in [-0.4, -0.2) is 29.9 Å². The second kappa shape index (κ2) is 9.85. The Hall–Kier alpha value is -7.80. The number of nitriles is 6. The molecule has 4 aromatic carbocycles. The largest absolute Gasteiger partial charge is 0.239 e. The Labute approximate surface area is 258 Å². The van der Waals surface area contributed by atoms with Gasteiger partial charge in [0.05, 0.1) is 0 Å². The molecule has 7 rings (SSSR count). The number of halogens is 6. The number of nitrogens with zero attached hydrogens (tertiary/aromatic N) is 12. The van der Waals surface area contributed by atoms with Crippen molar-refractivity contribution in [3.05, 3.63) is 68.3 Å². The minimum atomic E-state index is -1.51. The first-order valence-corrected chi connectivity index (χ1v) is 12.7. The van der Waals surface area contributed by atoms with E-state index in [1.54, 1.807) is 0 Å². The van der Waals surface area contributed by atoms with Crippen molar-refractivity contribution in [3.63, 3.8) is 0 Å². The third kappa shape index (κ3) is 3.43. The van der Waals surface area contributed by atoms with Crippen LogP contribution < -0.4 is 0 Å². The van der Waals surface area contributed by atoms with E-state index in [0.717, 1.165) is 0 Å². The smallest absolute Gasteiger partial charge is 0.170 e. The Morgan fingerprint density at radius 2 is 0.375 bits per heavy atom.